The minimum Gasteiger partial charge on any atom is -0.444 e. The van der Waals surface area contributed by atoms with Gasteiger partial charge in [0.05, 0.1) is 5.75 Å². The molecule has 1 saturated carbocycles. The zero-order valence-corrected chi connectivity index (χ0v) is 17.4. The SMILES string of the molecule is Cc1cc(Br)ccc1SCC(=O)NC1CC(NC(=O)OC(C)(C)C)C1. The molecule has 2 N–H and O–H groups in total. The molecule has 0 heterocycles. The van der Waals surface area contributed by atoms with E-state index in [9.17, 15) is 9.59 Å². The van der Waals surface area contributed by atoms with Gasteiger partial charge in [-0.15, -0.1) is 11.8 Å². The van der Waals surface area contributed by atoms with Crippen LogP contribution in [0.25, 0.3) is 0 Å². The predicted octanol–water partition coefficient (Wildman–Crippen LogP) is 4.02. The van der Waals surface area contributed by atoms with Crippen LogP contribution in [0.3, 0.4) is 0 Å². The van der Waals surface area contributed by atoms with Crippen molar-refractivity contribution in [2.75, 3.05) is 5.75 Å². The molecule has 1 aliphatic carbocycles. The van der Waals surface area contributed by atoms with Gasteiger partial charge in [-0.1, -0.05) is 15.9 Å². The molecular formula is C18H25BrN2O3S. The number of amides is 2. The number of benzene rings is 1. The van der Waals surface area contributed by atoms with Crippen molar-refractivity contribution < 1.29 is 14.3 Å². The van der Waals surface area contributed by atoms with Crippen molar-refractivity contribution >= 4 is 39.7 Å². The molecule has 25 heavy (non-hydrogen) atoms. The zero-order valence-electron chi connectivity index (χ0n) is 15.0. The van der Waals surface area contributed by atoms with Crippen LogP contribution in [-0.4, -0.2) is 35.4 Å². The second-order valence-corrected chi connectivity index (χ2v) is 9.21. The van der Waals surface area contributed by atoms with Crippen molar-refractivity contribution in [2.45, 2.75) is 63.1 Å². The van der Waals surface area contributed by atoms with Gasteiger partial charge in [0.1, 0.15) is 5.60 Å². The lowest BCUT2D eigenvalue weighted by Gasteiger charge is -2.36. The first kappa shape index (κ1) is 20.1. The molecule has 0 aliphatic heterocycles. The molecule has 0 aromatic heterocycles. The number of ether oxygens (including phenoxy) is 1. The number of thioether (sulfide) groups is 1. The van der Waals surface area contributed by atoms with E-state index in [2.05, 4.69) is 26.6 Å². The van der Waals surface area contributed by atoms with E-state index in [0.717, 1.165) is 27.8 Å². The lowest BCUT2D eigenvalue weighted by atomic mass is 9.87. The van der Waals surface area contributed by atoms with E-state index in [1.807, 2.05) is 45.9 Å². The Morgan fingerprint density at radius 2 is 1.88 bits per heavy atom. The molecule has 7 heteroatoms. The first-order valence-corrected chi connectivity index (χ1v) is 10.1. The molecule has 0 saturated heterocycles. The Morgan fingerprint density at radius 1 is 1.24 bits per heavy atom. The fraction of sp³-hybridized carbons (Fsp3) is 0.556. The van der Waals surface area contributed by atoms with E-state index < -0.39 is 11.7 Å². The molecule has 1 fully saturated rings. The number of alkyl carbamates (subject to hydrolysis) is 1. The lowest BCUT2D eigenvalue weighted by molar-refractivity contribution is -0.119. The van der Waals surface area contributed by atoms with Gasteiger partial charge in [0.15, 0.2) is 0 Å². The standard InChI is InChI=1S/C18H25BrN2O3S/c1-11-7-12(19)5-6-15(11)25-10-16(22)20-13-8-14(9-13)21-17(23)24-18(2,3)4/h5-7,13-14H,8-10H2,1-4H3,(H,20,22)(H,21,23). The van der Waals surface area contributed by atoms with Gasteiger partial charge in [-0.25, -0.2) is 4.79 Å². The highest BCUT2D eigenvalue weighted by atomic mass is 79.9. The second kappa shape index (κ2) is 8.45. The number of hydrogen-bond acceptors (Lipinski definition) is 4. The Kier molecular flexibility index (Phi) is 6.79. The maximum Gasteiger partial charge on any atom is 0.407 e. The topological polar surface area (TPSA) is 67.4 Å². The van der Waals surface area contributed by atoms with Gasteiger partial charge >= 0.3 is 6.09 Å². The molecule has 2 amide bonds. The molecule has 2 rings (SSSR count). The third-order valence-corrected chi connectivity index (χ3v) is 5.39. The first-order chi connectivity index (χ1) is 11.6. The van der Waals surface area contributed by atoms with Crippen LogP contribution in [0.1, 0.15) is 39.2 Å². The summed E-state index contributed by atoms with van der Waals surface area (Å²) in [6, 6.07) is 6.23. The summed E-state index contributed by atoms with van der Waals surface area (Å²) in [5.74, 6) is 0.413. The van der Waals surface area contributed by atoms with Gasteiger partial charge in [-0.05, 0) is 64.3 Å². The third-order valence-electron chi connectivity index (χ3n) is 3.72. The minimum atomic E-state index is -0.496. The number of rotatable bonds is 5. The van der Waals surface area contributed by atoms with Crippen LogP contribution in [0.15, 0.2) is 27.6 Å². The molecule has 0 spiro atoms. The summed E-state index contributed by atoms with van der Waals surface area (Å²) in [6.07, 6.45) is 1.09. The summed E-state index contributed by atoms with van der Waals surface area (Å²) in [5, 5.41) is 5.83. The Hall–Kier alpha value is -1.21. The van der Waals surface area contributed by atoms with Crippen LogP contribution in [-0.2, 0) is 9.53 Å². The van der Waals surface area contributed by atoms with E-state index in [4.69, 9.17) is 4.74 Å². The fourth-order valence-electron chi connectivity index (χ4n) is 2.52. The largest absolute Gasteiger partial charge is 0.444 e. The highest BCUT2D eigenvalue weighted by Gasteiger charge is 2.32. The second-order valence-electron chi connectivity index (χ2n) is 7.28. The number of halogens is 1. The van der Waals surface area contributed by atoms with Gasteiger partial charge in [0.25, 0.3) is 0 Å². The van der Waals surface area contributed by atoms with Crippen molar-refractivity contribution in [3.8, 4) is 0 Å². The van der Waals surface area contributed by atoms with Gasteiger partial charge in [-0.2, -0.15) is 0 Å². The third kappa shape index (κ3) is 6.90. The molecule has 5 nitrogen and oxygen atoms in total. The van der Waals surface area contributed by atoms with Crippen molar-refractivity contribution in [1.29, 1.82) is 0 Å². The zero-order chi connectivity index (χ0) is 18.6. The molecule has 0 atom stereocenters. The summed E-state index contributed by atoms with van der Waals surface area (Å²) in [7, 11) is 0. The summed E-state index contributed by atoms with van der Waals surface area (Å²) in [6.45, 7) is 7.54. The molecule has 0 radical (unpaired) electrons. The van der Waals surface area contributed by atoms with E-state index >= 15 is 0 Å². The van der Waals surface area contributed by atoms with Crippen LogP contribution in [0.4, 0.5) is 4.79 Å². The Balaban J connectivity index is 1.65. The molecule has 0 bridgehead atoms. The van der Waals surface area contributed by atoms with Crippen LogP contribution in [0, 0.1) is 6.92 Å². The normalized spacial score (nSPS) is 19.7. The van der Waals surface area contributed by atoms with Gasteiger partial charge in [0, 0.05) is 21.5 Å². The molecule has 1 aromatic carbocycles. The van der Waals surface area contributed by atoms with Crippen LogP contribution in [0.2, 0.25) is 0 Å². The Labute approximate surface area is 161 Å². The van der Waals surface area contributed by atoms with E-state index in [-0.39, 0.29) is 18.0 Å². The average Bonchev–Trinajstić information content (AvgIpc) is 2.42. The quantitative estimate of drug-likeness (QED) is 0.694. The maximum atomic E-state index is 12.1. The highest BCUT2D eigenvalue weighted by Crippen LogP contribution is 2.26. The van der Waals surface area contributed by atoms with E-state index in [1.54, 1.807) is 0 Å². The predicted molar refractivity (Wildman–Crippen MR) is 104 cm³/mol. The van der Waals surface area contributed by atoms with Gasteiger partial charge < -0.3 is 15.4 Å². The molecule has 0 unspecified atom stereocenters. The molecular weight excluding hydrogens is 404 g/mol. The number of aryl methyl sites for hydroxylation is 1. The number of hydrogen-bond donors (Lipinski definition) is 2. The van der Waals surface area contributed by atoms with Crippen molar-refractivity contribution in [2.24, 2.45) is 0 Å². The van der Waals surface area contributed by atoms with Crippen molar-refractivity contribution in [3.63, 3.8) is 0 Å². The lowest BCUT2D eigenvalue weighted by Crippen LogP contribution is -2.54. The first-order valence-electron chi connectivity index (χ1n) is 8.30. The van der Waals surface area contributed by atoms with E-state index in [1.165, 1.54) is 11.8 Å². The van der Waals surface area contributed by atoms with Crippen molar-refractivity contribution in [3.05, 3.63) is 28.2 Å². The molecule has 1 aliphatic rings. The smallest absolute Gasteiger partial charge is 0.407 e. The minimum absolute atomic E-state index is 0.0213. The number of carbonyl (C=O) groups is 2. The summed E-state index contributed by atoms with van der Waals surface area (Å²) < 4.78 is 6.26. The maximum absolute atomic E-state index is 12.1. The van der Waals surface area contributed by atoms with Crippen LogP contribution >= 0.6 is 27.7 Å². The Bertz CT molecular complexity index is 640. The van der Waals surface area contributed by atoms with E-state index in [0.29, 0.717) is 5.75 Å². The monoisotopic (exact) mass is 428 g/mol. The number of nitrogens with one attached hydrogen (secondary N) is 2. The van der Waals surface area contributed by atoms with Crippen LogP contribution in [0.5, 0.6) is 0 Å². The fourth-order valence-corrected chi connectivity index (χ4v) is 3.81. The van der Waals surface area contributed by atoms with Crippen molar-refractivity contribution in [1.82, 2.24) is 10.6 Å². The molecule has 138 valence electrons. The van der Waals surface area contributed by atoms with Gasteiger partial charge in [0.2, 0.25) is 5.91 Å². The highest BCUT2D eigenvalue weighted by molar-refractivity contribution is 9.10. The average molecular weight is 429 g/mol. The summed E-state index contributed by atoms with van der Waals surface area (Å²) >= 11 is 4.97. The van der Waals surface area contributed by atoms with Crippen LogP contribution < -0.4 is 10.6 Å². The molecule has 1 aromatic rings. The summed E-state index contributed by atoms with van der Waals surface area (Å²) in [5.41, 5.74) is 0.654. The number of carbonyl (C=O) groups excluding carboxylic acids is 2. The summed E-state index contributed by atoms with van der Waals surface area (Å²) in [4.78, 5) is 24.8. The Morgan fingerprint density at radius 3 is 2.48 bits per heavy atom. The van der Waals surface area contributed by atoms with Gasteiger partial charge in [-0.3, -0.25) is 4.79 Å².